The van der Waals surface area contributed by atoms with Crippen molar-refractivity contribution < 1.29 is 19.1 Å². The lowest BCUT2D eigenvalue weighted by Crippen LogP contribution is -2.41. The zero-order valence-corrected chi connectivity index (χ0v) is 16.2. The zero-order chi connectivity index (χ0) is 20.4. The van der Waals surface area contributed by atoms with Crippen molar-refractivity contribution in [3.8, 4) is 11.5 Å². The van der Waals surface area contributed by atoms with E-state index < -0.39 is 17.2 Å². The normalized spacial score (nSPS) is 13.0. The van der Waals surface area contributed by atoms with Crippen LogP contribution < -0.4 is 20.1 Å². The number of carbonyl (C=O) groups excluding carboxylic acids is 2. The predicted molar refractivity (Wildman–Crippen MR) is 110 cm³/mol. The average Bonchev–Trinajstić information content (AvgIpc) is 2.74. The molecule has 0 bridgehead atoms. The number of nitrogens with one attached hydrogen (secondary N) is 2. The Morgan fingerprint density at radius 3 is 2.48 bits per heavy atom. The summed E-state index contributed by atoms with van der Waals surface area (Å²) in [5, 5.41) is 6.53. The largest absolute Gasteiger partial charge is 0.486 e. The summed E-state index contributed by atoms with van der Waals surface area (Å²) in [4.78, 5) is 30.1. The van der Waals surface area contributed by atoms with Crippen molar-refractivity contribution in [3.05, 3.63) is 54.7 Å². The van der Waals surface area contributed by atoms with Gasteiger partial charge in [-0.05, 0) is 38.1 Å². The molecular weight excluding hydrogens is 370 g/mol. The number of aromatic nitrogens is 1. The van der Waals surface area contributed by atoms with Gasteiger partial charge in [0.05, 0.1) is 11.2 Å². The molecule has 0 unspecified atom stereocenters. The molecule has 7 heteroatoms. The number of nitrogens with zero attached hydrogens (tertiary/aromatic N) is 1. The van der Waals surface area contributed by atoms with Crippen LogP contribution in [0, 0.1) is 5.41 Å². The van der Waals surface area contributed by atoms with Crippen molar-refractivity contribution >= 4 is 34.1 Å². The van der Waals surface area contributed by atoms with Crippen LogP contribution in [0.5, 0.6) is 11.5 Å². The molecule has 3 aromatic rings. The van der Waals surface area contributed by atoms with E-state index in [9.17, 15) is 9.59 Å². The molecule has 0 aliphatic carbocycles. The van der Waals surface area contributed by atoms with Crippen LogP contribution in [0.3, 0.4) is 0 Å². The molecule has 0 fully saturated rings. The van der Waals surface area contributed by atoms with E-state index in [0.29, 0.717) is 41.6 Å². The van der Waals surface area contributed by atoms with Gasteiger partial charge in [-0.3, -0.25) is 14.6 Å². The van der Waals surface area contributed by atoms with Gasteiger partial charge in [0.25, 0.3) is 0 Å². The summed E-state index contributed by atoms with van der Waals surface area (Å²) in [6.45, 7) is 4.11. The Balaban J connectivity index is 1.51. The van der Waals surface area contributed by atoms with E-state index in [2.05, 4.69) is 15.6 Å². The zero-order valence-electron chi connectivity index (χ0n) is 16.2. The Kier molecular flexibility index (Phi) is 4.80. The molecule has 0 spiro atoms. The fraction of sp³-hybridized carbons (Fsp3) is 0.227. The third-order valence-corrected chi connectivity index (χ3v) is 4.82. The van der Waals surface area contributed by atoms with Crippen molar-refractivity contribution in [2.75, 3.05) is 23.8 Å². The lowest BCUT2D eigenvalue weighted by Gasteiger charge is -2.24. The van der Waals surface area contributed by atoms with Gasteiger partial charge in [-0.2, -0.15) is 0 Å². The van der Waals surface area contributed by atoms with Crippen LogP contribution in [0.25, 0.3) is 10.9 Å². The third-order valence-electron chi connectivity index (χ3n) is 4.82. The molecule has 29 heavy (non-hydrogen) atoms. The molecule has 2 N–H and O–H groups in total. The molecule has 1 aromatic heterocycles. The molecule has 1 aliphatic rings. The Morgan fingerprint density at radius 1 is 0.931 bits per heavy atom. The molecule has 2 heterocycles. The molecule has 0 atom stereocenters. The van der Waals surface area contributed by atoms with Crippen molar-refractivity contribution in [2.24, 2.45) is 5.41 Å². The van der Waals surface area contributed by atoms with Crippen LogP contribution in [0.1, 0.15) is 13.8 Å². The Labute approximate surface area is 168 Å². The molecule has 0 saturated carbocycles. The van der Waals surface area contributed by atoms with E-state index in [-0.39, 0.29) is 0 Å². The quantitative estimate of drug-likeness (QED) is 0.663. The van der Waals surface area contributed by atoms with Gasteiger partial charge in [-0.25, -0.2) is 0 Å². The number of amides is 2. The second-order valence-corrected chi connectivity index (χ2v) is 7.27. The Bertz CT molecular complexity index is 1090. The highest BCUT2D eigenvalue weighted by atomic mass is 16.6. The lowest BCUT2D eigenvalue weighted by atomic mass is 9.90. The Hall–Kier alpha value is -3.61. The predicted octanol–water partition coefficient (Wildman–Crippen LogP) is 3.61. The van der Waals surface area contributed by atoms with E-state index in [1.165, 1.54) is 0 Å². The summed E-state index contributed by atoms with van der Waals surface area (Å²) in [7, 11) is 0. The van der Waals surface area contributed by atoms with Crippen molar-refractivity contribution in [3.63, 3.8) is 0 Å². The maximum absolute atomic E-state index is 12.9. The van der Waals surface area contributed by atoms with Gasteiger partial charge in [0.2, 0.25) is 11.8 Å². The number of benzene rings is 2. The summed E-state index contributed by atoms with van der Waals surface area (Å²) < 4.78 is 11.0. The van der Waals surface area contributed by atoms with Crippen molar-refractivity contribution in [1.82, 2.24) is 4.98 Å². The molecule has 2 aromatic carbocycles. The van der Waals surface area contributed by atoms with Crippen LogP contribution in [-0.2, 0) is 9.59 Å². The molecule has 0 saturated heterocycles. The van der Waals surface area contributed by atoms with Crippen LogP contribution in [0.4, 0.5) is 11.4 Å². The molecule has 7 nitrogen and oxygen atoms in total. The first-order valence-corrected chi connectivity index (χ1v) is 9.31. The molecule has 0 radical (unpaired) electrons. The molecule has 4 rings (SSSR count). The molecule has 148 valence electrons. The number of carbonyl (C=O) groups is 2. The lowest BCUT2D eigenvalue weighted by molar-refractivity contribution is -0.135. The van der Waals surface area contributed by atoms with E-state index in [1.54, 1.807) is 44.3 Å². The second-order valence-electron chi connectivity index (χ2n) is 7.27. The smallest absolute Gasteiger partial charge is 0.239 e. The maximum Gasteiger partial charge on any atom is 0.239 e. The number of ether oxygens (including phenoxy) is 2. The monoisotopic (exact) mass is 391 g/mol. The van der Waals surface area contributed by atoms with Crippen LogP contribution >= 0.6 is 0 Å². The van der Waals surface area contributed by atoms with E-state index in [0.717, 1.165) is 5.39 Å². The summed E-state index contributed by atoms with van der Waals surface area (Å²) in [6.07, 6.45) is 1.66. The van der Waals surface area contributed by atoms with Gasteiger partial charge in [-0.15, -0.1) is 0 Å². The van der Waals surface area contributed by atoms with Crippen molar-refractivity contribution in [1.29, 1.82) is 0 Å². The number of fused-ring (bicyclic) bond motifs is 2. The van der Waals surface area contributed by atoms with Crippen molar-refractivity contribution in [2.45, 2.75) is 13.8 Å². The minimum absolute atomic E-state index is 0.425. The average molecular weight is 391 g/mol. The first-order valence-electron chi connectivity index (χ1n) is 9.31. The SMILES string of the molecule is CC(C)(C(=O)Nc1ccc2c(c1)OCCO2)C(=O)Nc1cccc2cccnc12. The summed E-state index contributed by atoms with van der Waals surface area (Å²) in [5.41, 5.74) is 0.455. The summed E-state index contributed by atoms with van der Waals surface area (Å²) in [5.74, 6) is 0.346. The summed E-state index contributed by atoms with van der Waals surface area (Å²) >= 11 is 0. The number of hydrogen-bond acceptors (Lipinski definition) is 5. The number of rotatable bonds is 4. The highest BCUT2D eigenvalue weighted by molar-refractivity contribution is 6.15. The van der Waals surface area contributed by atoms with Gasteiger partial charge in [0.1, 0.15) is 18.6 Å². The Morgan fingerprint density at radius 2 is 1.66 bits per heavy atom. The first-order chi connectivity index (χ1) is 13.9. The first kappa shape index (κ1) is 18.7. The summed E-state index contributed by atoms with van der Waals surface area (Å²) in [6, 6.07) is 14.4. The molecular formula is C22H21N3O4. The van der Waals surface area contributed by atoms with E-state index in [4.69, 9.17) is 9.47 Å². The van der Waals surface area contributed by atoms with Crippen LogP contribution in [0.15, 0.2) is 54.7 Å². The second kappa shape index (κ2) is 7.43. The number of anilines is 2. The fourth-order valence-electron chi connectivity index (χ4n) is 3.00. The minimum Gasteiger partial charge on any atom is -0.486 e. The topological polar surface area (TPSA) is 89.5 Å². The van der Waals surface area contributed by atoms with Gasteiger partial charge >= 0.3 is 0 Å². The van der Waals surface area contributed by atoms with Crippen LogP contribution in [0.2, 0.25) is 0 Å². The number of pyridine rings is 1. The standard InChI is InChI=1S/C22H21N3O4/c1-22(2,20(26)24-15-8-9-17-18(13-15)29-12-11-28-17)21(27)25-16-7-3-5-14-6-4-10-23-19(14)16/h3-10,13H,11-12H2,1-2H3,(H,24,26)(H,25,27). The number of para-hydroxylation sites is 1. The number of hydrogen-bond donors (Lipinski definition) is 2. The van der Waals surface area contributed by atoms with E-state index >= 15 is 0 Å². The highest BCUT2D eigenvalue weighted by Gasteiger charge is 2.36. The third kappa shape index (κ3) is 3.71. The van der Waals surface area contributed by atoms with Gasteiger partial charge in [-0.1, -0.05) is 18.2 Å². The molecule has 1 aliphatic heterocycles. The highest BCUT2D eigenvalue weighted by Crippen LogP contribution is 2.33. The van der Waals surface area contributed by atoms with Gasteiger partial charge in [0, 0.05) is 23.3 Å². The van der Waals surface area contributed by atoms with E-state index in [1.807, 2.05) is 24.3 Å². The maximum atomic E-state index is 12.9. The fourth-order valence-corrected chi connectivity index (χ4v) is 3.00. The minimum atomic E-state index is -1.32. The molecule has 2 amide bonds. The van der Waals surface area contributed by atoms with Gasteiger partial charge in [0.15, 0.2) is 11.5 Å². The van der Waals surface area contributed by atoms with Crippen LogP contribution in [-0.4, -0.2) is 30.0 Å². The van der Waals surface area contributed by atoms with Gasteiger partial charge < -0.3 is 20.1 Å².